The molecule has 8 nitrogen and oxygen atoms in total. The molecule has 1 atom stereocenters. The van der Waals surface area contributed by atoms with Gasteiger partial charge < -0.3 is 10.2 Å². The number of halogens is 2. The molecule has 0 spiro atoms. The Morgan fingerprint density at radius 3 is 2.06 bits per heavy atom. The van der Waals surface area contributed by atoms with Gasteiger partial charge in [0.05, 0.1) is 6.10 Å². The molecule has 0 amide bonds. The molecule has 35 heavy (non-hydrogen) atoms. The highest BCUT2D eigenvalue weighted by Gasteiger charge is 2.17. The van der Waals surface area contributed by atoms with E-state index in [4.69, 9.17) is 5.11 Å². The highest BCUT2D eigenvalue weighted by atomic mass is 19.1. The van der Waals surface area contributed by atoms with Gasteiger partial charge in [-0.25, -0.2) is 13.5 Å². The Morgan fingerprint density at radius 2 is 1.57 bits per heavy atom. The second kappa shape index (κ2) is 11.7. The number of benzene rings is 2. The van der Waals surface area contributed by atoms with E-state index in [2.05, 4.69) is 15.5 Å². The molecule has 1 aromatic heterocycles. The second-order valence-electron chi connectivity index (χ2n) is 7.55. The molecule has 0 radical (unpaired) electrons. The van der Waals surface area contributed by atoms with E-state index in [-0.39, 0.29) is 6.42 Å². The van der Waals surface area contributed by atoms with Crippen LogP contribution in [0.3, 0.4) is 0 Å². The molecule has 0 fully saturated rings. The van der Waals surface area contributed by atoms with Gasteiger partial charge in [-0.2, -0.15) is 0 Å². The molecule has 2 N–H and O–H groups in total. The Bertz CT molecular complexity index is 1230. The molecule has 0 aliphatic heterocycles. The van der Waals surface area contributed by atoms with Gasteiger partial charge in [-0.15, -0.1) is 5.10 Å². The molecule has 0 aliphatic rings. The zero-order chi connectivity index (χ0) is 25.4. The van der Waals surface area contributed by atoms with Crippen LogP contribution < -0.4 is 0 Å². The number of hydrogen-bond acceptors (Lipinski definition) is 6. The van der Waals surface area contributed by atoms with E-state index in [9.17, 15) is 23.5 Å². The smallest absolute Gasteiger partial charge is 0.310 e. The Labute approximate surface area is 199 Å². The number of carboxylic acids is 1. The van der Waals surface area contributed by atoms with Crippen molar-refractivity contribution in [1.29, 1.82) is 0 Å². The number of aliphatic hydroxyl groups is 1. The zero-order valence-corrected chi connectivity index (χ0v) is 18.7. The van der Waals surface area contributed by atoms with Crippen molar-refractivity contribution in [1.82, 2.24) is 20.2 Å². The van der Waals surface area contributed by atoms with Gasteiger partial charge in [0.1, 0.15) is 23.8 Å². The summed E-state index contributed by atoms with van der Waals surface area (Å²) in [7, 11) is 1.64. The molecule has 1 unspecified atom stereocenters. The van der Waals surface area contributed by atoms with Crippen molar-refractivity contribution in [2.75, 3.05) is 0 Å². The fraction of sp³-hybridized carbons (Fsp3) is 0.160. The van der Waals surface area contributed by atoms with Crippen molar-refractivity contribution in [2.24, 2.45) is 7.05 Å². The Kier molecular flexibility index (Phi) is 8.47. The molecule has 1 heterocycles. The van der Waals surface area contributed by atoms with Crippen LogP contribution >= 0.6 is 0 Å². The summed E-state index contributed by atoms with van der Waals surface area (Å²) >= 11 is 0. The normalized spacial score (nSPS) is 12.2. The summed E-state index contributed by atoms with van der Waals surface area (Å²) in [6.07, 6.45) is 3.93. The van der Waals surface area contributed by atoms with Crippen LogP contribution in [0.1, 0.15) is 29.8 Å². The lowest BCUT2D eigenvalue weighted by Gasteiger charge is -2.13. The molecule has 0 bridgehead atoms. The van der Waals surface area contributed by atoms with Gasteiger partial charge in [0.15, 0.2) is 5.82 Å². The number of tetrazole rings is 1. The maximum absolute atomic E-state index is 13.6. The van der Waals surface area contributed by atoms with Crippen LogP contribution in [-0.2, 0) is 16.6 Å². The first-order valence-electron chi connectivity index (χ1n) is 10.5. The number of aliphatic hydroxyl groups excluding tert-OH is 1. The standard InChI is InChI=1S/C25H22F2N4O4/c1-31-25(28-29-30-31)22(5-3-2-4-20(32)14-21(33)15-23(34)35)24(16-6-10-18(26)11-7-16)17-8-12-19(27)13-9-17/h2-13,20,32H,14-15H2,1H3,(H,34,35). The number of carbonyl (C=O) groups is 2. The average molecular weight is 480 g/mol. The summed E-state index contributed by atoms with van der Waals surface area (Å²) in [6.45, 7) is 0. The number of hydrogen-bond donors (Lipinski definition) is 2. The molecular weight excluding hydrogens is 458 g/mol. The fourth-order valence-corrected chi connectivity index (χ4v) is 3.32. The number of carbonyl (C=O) groups excluding carboxylic acids is 1. The van der Waals surface area contributed by atoms with E-state index in [0.29, 0.717) is 28.1 Å². The van der Waals surface area contributed by atoms with Crippen molar-refractivity contribution < 1.29 is 28.6 Å². The first-order chi connectivity index (χ1) is 16.7. The van der Waals surface area contributed by atoms with E-state index in [0.717, 1.165) is 0 Å². The van der Waals surface area contributed by atoms with Crippen LogP contribution in [0.2, 0.25) is 0 Å². The summed E-state index contributed by atoms with van der Waals surface area (Å²) < 4.78 is 28.7. The minimum atomic E-state index is -1.26. The van der Waals surface area contributed by atoms with Gasteiger partial charge in [-0.3, -0.25) is 9.59 Å². The average Bonchev–Trinajstić information content (AvgIpc) is 3.22. The van der Waals surface area contributed by atoms with Crippen molar-refractivity contribution in [2.45, 2.75) is 18.9 Å². The van der Waals surface area contributed by atoms with Crippen LogP contribution in [0.15, 0.2) is 72.8 Å². The number of aromatic nitrogens is 4. The van der Waals surface area contributed by atoms with Crippen molar-refractivity contribution in [3.05, 3.63) is 101 Å². The topological polar surface area (TPSA) is 118 Å². The zero-order valence-electron chi connectivity index (χ0n) is 18.7. The van der Waals surface area contributed by atoms with E-state index < -0.39 is 35.9 Å². The van der Waals surface area contributed by atoms with Gasteiger partial charge in [0.2, 0.25) is 0 Å². The Balaban J connectivity index is 2.04. The van der Waals surface area contributed by atoms with Gasteiger partial charge in [0.25, 0.3) is 0 Å². The molecule has 0 aliphatic carbocycles. The summed E-state index contributed by atoms with van der Waals surface area (Å²) in [4.78, 5) is 22.2. The minimum Gasteiger partial charge on any atom is -0.481 e. The van der Waals surface area contributed by atoms with Crippen LogP contribution in [0.4, 0.5) is 8.78 Å². The highest BCUT2D eigenvalue weighted by molar-refractivity contribution is 6.01. The molecule has 2 aromatic carbocycles. The number of Topliss-reactive ketones (excluding diaryl/α,β-unsaturated/α-hetero) is 1. The van der Waals surface area contributed by atoms with Crippen LogP contribution in [0, 0.1) is 11.6 Å². The lowest BCUT2D eigenvalue weighted by Crippen LogP contribution is -2.14. The maximum atomic E-state index is 13.6. The molecule has 3 rings (SSSR count). The molecule has 0 saturated heterocycles. The monoisotopic (exact) mass is 480 g/mol. The van der Waals surface area contributed by atoms with Crippen LogP contribution in [0.5, 0.6) is 0 Å². The lowest BCUT2D eigenvalue weighted by atomic mass is 9.92. The summed E-state index contributed by atoms with van der Waals surface area (Å²) in [6, 6.07) is 11.6. The molecule has 0 saturated carbocycles. The Hall–Kier alpha value is -4.31. The minimum absolute atomic E-state index is 0.330. The van der Waals surface area contributed by atoms with Gasteiger partial charge in [-0.1, -0.05) is 48.6 Å². The van der Waals surface area contributed by atoms with E-state index in [1.165, 1.54) is 41.1 Å². The SMILES string of the molecule is Cn1nnnc1C(C=CC=CC(O)CC(=O)CC(=O)O)=C(c1ccc(F)cc1)c1ccc(F)cc1. The third-order valence-electron chi connectivity index (χ3n) is 4.89. The second-order valence-corrected chi connectivity index (χ2v) is 7.55. The molecule has 10 heteroatoms. The van der Waals surface area contributed by atoms with Crippen LogP contribution in [0.25, 0.3) is 11.1 Å². The van der Waals surface area contributed by atoms with Crippen LogP contribution in [-0.4, -0.2) is 48.3 Å². The van der Waals surface area contributed by atoms with Gasteiger partial charge in [0, 0.05) is 19.0 Å². The van der Waals surface area contributed by atoms with E-state index >= 15 is 0 Å². The fourth-order valence-electron chi connectivity index (χ4n) is 3.32. The number of nitrogens with zero attached hydrogens (tertiary/aromatic N) is 4. The number of aryl methyl sites for hydroxylation is 1. The summed E-state index contributed by atoms with van der Waals surface area (Å²) in [5.41, 5.74) is 2.38. The van der Waals surface area contributed by atoms with Gasteiger partial charge >= 0.3 is 5.97 Å². The van der Waals surface area contributed by atoms with Crippen molar-refractivity contribution >= 4 is 22.9 Å². The number of allylic oxidation sites excluding steroid dienone is 4. The van der Waals surface area contributed by atoms with Gasteiger partial charge in [-0.05, 0) is 51.4 Å². The predicted octanol–water partition coefficient (Wildman–Crippen LogP) is 3.35. The summed E-state index contributed by atoms with van der Waals surface area (Å²) in [5, 5.41) is 30.3. The first kappa shape index (κ1) is 25.3. The molecular formula is C25H22F2N4O4. The predicted molar refractivity (Wildman–Crippen MR) is 124 cm³/mol. The molecule has 3 aromatic rings. The largest absolute Gasteiger partial charge is 0.481 e. The highest BCUT2D eigenvalue weighted by Crippen LogP contribution is 2.32. The lowest BCUT2D eigenvalue weighted by molar-refractivity contribution is -0.140. The number of aliphatic carboxylic acids is 1. The quantitative estimate of drug-likeness (QED) is 0.337. The number of carboxylic acid groups (broad SMARTS) is 1. The first-order valence-corrected chi connectivity index (χ1v) is 10.5. The Morgan fingerprint density at radius 1 is 1.00 bits per heavy atom. The number of ketones is 1. The third-order valence-corrected chi connectivity index (χ3v) is 4.89. The van der Waals surface area contributed by atoms with E-state index in [1.54, 1.807) is 43.5 Å². The number of rotatable bonds is 10. The summed E-state index contributed by atoms with van der Waals surface area (Å²) in [5.74, 6) is -2.32. The van der Waals surface area contributed by atoms with Crippen molar-refractivity contribution in [3.63, 3.8) is 0 Å². The van der Waals surface area contributed by atoms with E-state index in [1.807, 2.05) is 0 Å². The molecule has 180 valence electrons. The third kappa shape index (κ3) is 7.08. The van der Waals surface area contributed by atoms with Crippen molar-refractivity contribution in [3.8, 4) is 0 Å². The maximum Gasteiger partial charge on any atom is 0.310 e.